The SMILES string of the molecule is c1ccc(-c2ccccc2-c2c3ccccc3c(-c3ccccc3-c3ccccc3)c3cc(-c4ccc(-c5cccnc5)cc4)ccc23)cc1. The zero-order valence-electron chi connectivity index (χ0n) is 27.5. The molecular formula is C49H33N. The third-order valence-electron chi connectivity index (χ3n) is 9.80. The molecule has 0 unspecified atom stereocenters. The predicted molar refractivity (Wildman–Crippen MR) is 212 cm³/mol. The molecule has 1 heterocycles. The average molecular weight is 636 g/mol. The van der Waals surface area contributed by atoms with Crippen LogP contribution in [-0.2, 0) is 0 Å². The highest BCUT2D eigenvalue weighted by molar-refractivity contribution is 6.23. The van der Waals surface area contributed by atoms with Crippen molar-refractivity contribution < 1.29 is 0 Å². The summed E-state index contributed by atoms with van der Waals surface area (Å²) in [6.07, 6.45) is 3.73. The maximum atomic E-state index is 4.33. The quantitative estimate of drug-likeness (QED) is 0.166. The highest BCUT2D eigenvalue weighted by Gasteiger charge is 2.21. The van der Waals surface area contributed by atoms with Crippen molar-refractivity contribution in [2.75, 3.05) is 0 Å². The smallest absolute Gasteiger partial charge is 0.0346 e. The Kier molecular flexibility index (Phi) is 7.57. The summed E-state index contributed by atoms with van der Waals surface area (Å²) in [4.78, 5) is 4.33. The van der Waals surface area contributed by atoms with Crippen LogP contribution in [0.4, 0.5) is 0 Å². The number of pyridine rings is 1. The van der Waals surface area contributed by atoms with Crippen LogP contribution in [-0.4, -0.2) is 4.98 Å². The molecule has 0 spiro atoms. The molecule has 0 saturated heterocycles. The van der Waals surface area contributed by atoms with Crippen molar-refractivity contribution in [1.29, 1.82) is 0 Å². The monoisotopic (exact) mass is 635 g/mol. The molecule has 1 aromatic heterocycles. The summed E-state index contributed by atoms with van der Waals surface area (Å²) in [7, 11) is 0. The number of aromatic nitrogens is 1. The Bertz CT molecular complexity index is 2610. The van der Waals surface area contributed by atoms with Crippen LogP contribution in [0, 0.1) is 0 Å². The van der Waals surface area contributed by atoms with E-state index in [2.05, 4.69) is 187 Å². The molecule has 0 bridgehead atoms. The van der Waals surface area contributed by atoms with Gasteiger partial charge in [0.15, 0.2) is 0 Å². The summed E-state index contributed by atoms with van der Waals surface area (Å²) in [5.74, 6) is 0. The number of benzene rings is 8. The van der Waals surface area contributed by atoms with E-state index in [1.54, 1.807) is 0 Å². The lowest BCUT2D eigenvalue weighted by Crippen LogP contribution is -1.94. The average Bonchev–Trinajstić information content (AvgIpc) is 3.21. The minimum absolute atomic E-state index is 1.12. The first-order chi connectivity index (χ1) is 24.8. The second-order valence-electron chi connectivity index (χ2n) is 12.7. The van der Waals surface area contributed by atoms with E-state index in [1.807, 2.05) is 18.5 Å². The second kappa shape index (κ2) is 12.8. The largest absolute Gasteiger partial charge is 0.264 e. The van der Waals surface area contributed by atoms with Crippen LogP contribution < -0.4 is 0 Å². The summed E-state index contributed by atoms with van der Waals surface area (Å²) in [5.41, 5.74) is 14.5. The molecule has 0 aliphatic rings. The van der Waals surface area contributed by atoms with Crippen LogP contribution in [0.1, 0.15) is 0 Å². The van der Waals surface area contributed by atoms with Crippen molar-refractivity contribution in [2.45, 2.75) is 0 Å². The fourth-order valence-corrected chi connectivity index (χ4v) is 7.47. The van der Waals surface area contributed by atoms with Crippen molar-refractivity contribution >= 4 is 21.5 Å². The molecule has 9 aromatic rings. The zero-order chi connectivity index (χ0) is 33.3. The van der Waals surface area contributed by atoms with Gasteiger partial charge in [-0.25, -0.2) is 0 Å². The Morgan fingerprint density at radius 3 is 1.22 bits per heavy atom. The van der Waals surface area contributed by atoms with Gasteiger partial charge in [0, 0.05) is 12.4 Å². The fourth-order valence-electron chi connectivity index (χ4n) is 7.47. The summed E-state index contributed by atoms with van der Waals surface area (Å²) in [6, 6.07) is 68.2. The number of nitrogens with zero attached hydrogens (tertiary/aromatic N) is 1. The first-order valence-electron chi connectivity index (χ1n) is 17.1. The highest BCUT2D eigenvalue weighted by Crippen LogP contribution is 2.48. The van der Waals surface area contributed by atoms with Gasteiger partial charge in [0.25, 0.3) is 0 Å². The molecule has 234 valence electrons. The lowest BCUT2D eigenvalue weighted by Gasteiger charge is -2.21. The molecule has 0 aliphatic heterocycles. The first kappa shape index (κ1) is 29.6. The summed E-state index contributed by atoms with van der Waals surface area (Å²) in [6.45, 7) is 0. The van der Waals surface area contributed by atoms with Gasteiger partial charge in [-0.2, -0.15) is 0 Å². The van der Waals surface area contributed by atoms with E-state index < -0.39 is 0 Å². The Morgan fingerprint density at radius 2 is 0.680 bits per heavy atom. The van der Waals surface area contributed by atoms with Gasteiger partial charge in [-0.1, -0.05) is 176 Å². The standard InChI is InChI=1S/C49H33N/c1-3-14-36(15-4-1)40-19-7-9-21-42(40)48-44-23-11-12-24-45(44)49(43-22-10-8-20-41(43)37-16-5-2-6-17-37)47-32-38(29-30-46(47)48)34-25-27-35(28-26-34)39-18-13-31-50-33-39/h1-33H. The minimum atomic E-state index is 1.12. The molecule has 9 rings (SSSR count). The first-order valence-corrected chi connectivity index (χ1v) is 17.1. The molecule has 0 radical (unpaired) electrons. The number of fused-ring (bicyclic) bond motifs is 2. The number of hydrogen-bond donors (Lipinski definition) is 0. The fraction of sp³-hybridized carbons (Fsp3) is 0. The molecule has 0 aliphatic carbocycles. The molecule has 0 N–H and O–H groups in total. The summed E-state index contributed by atoms with van der Waals surface area (Å²) < 4.78 is 0. The zero-order valence-corrected chi connectivity index (χ0v) is 27.5. The van der Waals surface area contributed by atoms with Crippen LogP contribution in [0.5, 0.6) is 0 Å². The maximum absolute atomic E-state index is 4.33. The minimum Gasteiger partial charge on any atom is -0.264 e. The lowest BCUT2D eigenvalue weighted by atomic mass is 9.81. The normalized spacial score (nSPS) is 11.2. The second-order valence-corrected chi connectivity index (χ2v) is 12.7. The number of hydrogen-bond acceptors (Lipinski definition) is 1. The van der Waals surface area contributed by atoms with Crippen molar-refractivity contribution in [3.63, 3.8) is 0 Å². The predicted octanol–water partition coefficient (Wildman–Crippen LogP) is 13.4. The molecule has 50 heavy (non-hydrogen) atoms. The molecule has 1 nitrogen and oxygen atoms in total. The van der Waals surface area contributed by atoms with E-state index in [0.29, 0.717) is 0 Å². The van der Waals surface area contributed by atoms with Gasteiger partial charge in [-0.15, -0.1) is 0 Å². The summed E-state index contributed by atoms with van der Waals surface area (Å²) in [5, 5.41) is 4.96. The molecule has 0 saturated carbocycles. The molecule has 1 heteroatoms. The lowest BCUT2D eigenvalue weighted by molar-refractivity contribution is 1.33. The molecule has 0 amide bonds. The Hall–Kier alpha value is -6.57. The van der Waals surface area contributed by atoms with E-state index >= 15 is 0 Å². The third-order valence-corrected chi connectivity index (χ3v) is 9.80. The van der Waals surface area contributed by atoms with Crippen molar-refractivity contribution in [1.82, 2.24) is 4.98 Å². The van der Waals surface area contributed by atoms with Gasteiger partial charge in [0.2, 0.25) is 0 Å². The molecule has 8 aromatic carbocycles. The third kappa shape index (κ3) is 5.26. The van der Waals surface area contributed by atoms with Gasteiger partial charge in [0.05, 0.1) is 0 Å². The molecular weight excluding hydrogens is 603 g/mol. The van der Waals surface area contributed by atoms with Gasteiger partial charge in [-0.3, -0.25) is 4.98 Å². The van der Waals surface area contributed by atoms with Crippen molar-refractivity contribution in [3.05, 3.63) is 200 Å². The molecule has 0 fully saturated rings. The van der Waals surface area contributed by atoms with E-state index in [-0.39, 0.29) is 0 Å². The maximum Gasteiger partial charge on any atom is 0.0346 e. The van der Waals surface area contributed by atoms with E-state index in [4.69, 9.17) is 0 Å². The van der Waals surface area contributed by atoms with Crippen LogP contribution in [0.3, 0.4) is 0 Å². The van der Waals surface area contributed by atoms with Crippen LogP contribution >= 0.6 is 0 Å². The summed E-state index contributed by atoms with van der Waals surface area (Å²) >= 11 is 0. The van der Waals surface area contributed by atoms with E-state index in [0.717, 1.165) is 11.1 Å². The van der Waals surface area contributed by atoms with Crippen molar-refractivity contribution in [2.24, 2.45) is 0 Å². The van der Waals surface area contributed by atoms with E-state index in [9.17, 15) is 0 Å². The van der Waals surface area contributed by atoms with Crippen molar-refractivity contribution in [3.8, 4) is 66.8 Å². The van der Waals surface area contributed by atoms with Gasteiger partial charge >= 0.3 is 0 Å². The topological polar surface area (TPSA) is 12.9 Å². The Labute approximate surface area is 292 Å². The van der Waals surface area contributed by atoms with Crippen LogP contribution in [0.25, 0.3) is 88.3 Å². The van der Waals surface area contributed by atoms with Gasteiger partial charge < -0.3 is 0 Å². The highest BCUT2D eigenvalue weighted by atomic mass is 14.6. The van der Waals surface area contributed by atoms with Gasteiger partial charge in [0.1, 0.15) is 0 Å². The van der Waals surface area contributed by atoms with E-state index in [1.165, 1.54) is 77.2 Å². The Morgan fingerprint density at radius 1 is 0.260 bits per heavy atom. The molecule has 0 atom stereocenters. The Balaban J connectivity index is 1.36. The van der Waals surface area contributed by atoms with Crippen LogP contribution in [0.2, 0.25) is 0 Å². The van der Waals surface area contributed by atoms with Crippen LogP contribution in [0.15, 0.2) is 200 Å². The number of rotatable bonds is 6. The van der Waals surface area contributed by atoms with Gasteiger partial charge in [-0.05, 0) is 100 Å².